The normalized spacial score (nSPS) is 17.5. The predicted octanol–water partition coefficient (Wildman–Crippen LogP) is 2.53. The van der Waals surface area contributed by atoms with Crippen molar-refractivity contribution in [3.63, 3.8) is 0 Å². The maximum absolute atomic E-state index is 12.6. The summed E-state index contributed by atoms with van der Waals surface area (Å²) in [5.41, 5.74) is 0.523. The predicted molar refractivity (Wildman–Crippen MR) is 123 cm³/mol. The minimum Gasteiger partial charge on any atom is -0.434 e. The fourth-order valence-corrected chi connectivity index (χ4v) is 3.42. The van der Waals surface area contributed by atoms with Crippen LogP contribution in [0.4, 0.5) is 8.78 Å². The zero-order valence-corrected chi connectivity index (χ0v) is 19.8. The number of aliphatic imine (C=N–C) groups is 1. The number of hydrogen-bond acceptors (Lipinski definition) is 4. The number of hydrogen-bond donors (Lipinski definition) is 2. The van der Waals surface area contributed by atoms with Crippen LogP contribution in [0.15, 0.2) is 23.2 Å². The molecule has 2 N–H and O–H groups in total. The molecule has 1 heterocycles. The molecule has 1 aliphatic carbocycles. The summed E-state index contributed by atoms with van der Waals surface area (Å²) >= 11 is 5.99. The van der Waals surface area contributed by atoms with Crippen molar-refractivity contribution in [3.05, 3.63) is 28.8 Å². The summed E-state index contributed by atoms with van der Waals surface area (Å²) in [7, 11) is 1.67. The van der Waals surface area contributed by atoms with Gasteiger partial charge in [0.2, 0.25) is 5.91 Å². The standard InChI is InChI=1S/C19H26ClF2N5O2.HI/c1-23-19(24-11-13-10-14(20)2-5-16(13)29-18(21)22)27-8-6-26(7-9-27)12-17(28)25-15-3-4-15;/h2,5,10,15,18H,3-4,6-9,11-12H2,1H3,(H,23,24)(H,25,28);1H. The number of nitrogens with zero attached hydrogens (tertiary/aromatic N) is 3. The maximum Gasteiger partial charge on any atom is 0.387 e. The van der Waals surface area contributed by atoms with E-state index < -0.39 is 6.61 Å². The van der Waals surface area contributed by atoms with Gasteiger partial charge >= 0.3 is 6.61 Å². The Kier molecular flexibility index (Phi) is 9.82. The van der Waals surface area contributed by atoms with Gasteiger partial charge in [0, 0.05) is 56.4 Å². The van der Waals surface area contributed by atoms with Crippen molar-refractivity contribution >= 4 is 47.4 Å². The van der Waals surface area contributed by atoms with E-state index >= 15 is 0 Å². The molecule has 0 spiro atoms. The van der Waals surface area contributed by atoms with Crippen LogP contribution < -0.4 is 15.4 Å². The van der Waals surface area contributed by atoms with Crippen LogP contribution in [0.5, 0.6) is 5.75 Å². The molecule has 0 unspecified atom stereocenters. The molecule has 1 aliphatic heterocycles. The summed E-state index contributed by atoms with van der Waals surface area (Å²) in [5, 5.41) is 6.62. The number of rotatable bonds is 7. The van der Waals surface area contributed by atoms with Gasteiger partial charge in [0.15, 0.2) is 5.96 Å². The van der Waals surface area contributed by atoms with Crippen LogP contribution >= 0.6 is 35.6 Å². The van der Waals surface area contributed by atoms with E-state index in [-0.39, 0.29) is 42.2 Å². The molecule has 0 atom stereocenters. The van der Waals surface area contributed by atoms with Gasteiger partial charge in [-0.2, -0.15) is 8.78 Å². The molecular weight excluding hydrogens is 531 g/mol. The molecule has 2 aliphatic rings. The first-order valence-corrected chi connectivity index (χ1v) is 10.0. The number of alkyl halides is 2. The fourth-order valence-electron chi connectivity index (χ4n) is 3.23. The van der Waals surface area contributed by atoms with E-state index in [2.05, 4.69) is 30.2 Å². The highest BCUT2D eigenvalue weighted by molar-refractivity contribution is 14.0. The number of ether oxygens (including phenoxy) is 1. The molecule has 3 rings (SSSR count). The van der Waals surface area contributed by atoms with Gasteiger partial charge in [-0.15, -0.1) is 24.0 Å². The maximum atomic E-state index is 12.6. The van der Waals surface area contributed by atoms with Gasteiger partial charge in [-0.1, -0.05) is 11.6 Å². The molecule has 1 aromatic carbocycles. The van der Waals surface area contributed by atoms with Gasteiger partial charge in [0.25, 0.3) is 0 Å². The Labute approximate surface area is 197 Å². The highest BCUT2D eigenvalue weighted by atomic mass is 127. The Morgan fingerprint density at radius 1 is 1.30 bits per heavy atom. The summed E-state index contributed by atoms with van der Waals surface area (Å²) < 4.78 is 29.8. The monoisotopic (exact) mass is 557 g/mol. The lowest BCUT2D eigenvalue weighted by Crippen LogP contribution is -2.54. The highest BCUT2D eigenvalue weighted by Gasteiger charge is 2.26. The Morgan fingerprint density at radius 2 is 2.00 bits per heavy atom. The molecule has 1 saturated heterocycles. The molecule has 30 heavy (non-hydrogen) atoms. The second-order valence-electron chi connectivity index (χ2n) is 7.14. The van der Waals surface area contributed by atoms with Gasteiger partial charge in [-0.3, -0.25) is 14.7 Å². The van der Waals surface area contributed by atoms with Crippen LogP contribution in [0.1, 0.15) is 18.4 Å². The van der Waals surface area contributed by atoms with Crippen LogP contribution in [0.25, 0.3) is 0 Å². The fraction of sp³-hybridized carbons (Fsp3) is 0.579. The number of guanidine groups is 1. The Morgan fingerprint density at radius 3 is 2.60 bits per heavy atom. The Hall–Kier alpha value is -1.40. The van der Waals surface area contributed by atoms with Gasteiger partial charge in [-0.25, -0.2) is 0 Å². The highest BCUT2D eigenvalue weighted by Crippen LogP contribution is 2.24. The summed E-state index contributed by atoms with van der Waals surface area (Å²) in [6, 6.07) is 4.91. The van der Waals surface area contributed by atoms with Gasteiger partial charge < -0.3 is 20.3 Å². The van der Waals surface area contributed by atoms with E-state index in [1.165, 1.54) is 12.1 Å². The second-order valence-corrected chi connectivity index (χ2v) is 7.57. The third-order valence-electron chi connectivity index (χ3n) is 4.87. The lowest BCUT2D eigenvalue weighted by molar-refractivity contribution is -0.122. The van der Waals surface area contributed by atoms with Crippen molar-refractivity contribution in [2.75, 3.05) is 39.8 Å². The first-order chi connectivity index (χ1) is 13.9. The van der Waals surface area contributed by atoms with E-state index in [1.54, 1.807) is 13.1 Å². The Bertz CT molecular complexity index is 744. The van der Waals surface area contributed by atoms with Crippen molar-refractivity contribution in [1.82, 2.24) is 20.4 Å². The largest absolute Gasteiger partial charge is 0.434 e. The van der Waals surface area contributed by atoms with Crippen LogP contribution in [-0.2, 0) is 11.3 Å². The molecule has 2 fully saturated rings. The smallest absolute Gasteiger partial charge is 0.387 e. The molecule has 168 valence electrons. The number of nitrogens with one attached hydrogen (secondary N) is 2. The number of carbonyl (C=O) groups excluding carboxylic acids is 1. The Balaban J connectivity index is 0.00000320. The molecule has 0 aromatic heterocycles. The number of amides is 1. The first-order valence-electron chi connectivity index (χ1n) is 9.65. The number of benzene rings is 1. The zero-order chi connectivity index (χ0) is 20.8. The molecule has 1 amide bonds. The van der Waals surface area contributed by atoms with Crippen LogP contribution in [-0.4, -0.2) is 74.1 Å². The lowest BCUT2D eigenvalue weighted by Gasteiger charge is -2.36. The lowest BCUT2D eigenvalue weighted by atomic mass is 10.2. The molecule has 7 nitrogen and oxygen atoms in total. The molecule has 1 saturated carbocycles. The minimum atomic E-state index is -2.90. The van der Waals surface area contributed by atoms with Gasteiger partial charge in [0.1, 0.15) is 5.75 Å². The van der Waals surface area contributed by atoms with Crippen LogP contribution in [0, 0.1) is 0 Å². The van der Waals surface area contributed by atoms with Crippen molar-refractivity contribution < 1.29 is 18.3 Å². The van der Waals surface area contributed by atoms with E-state index in [4.69, 9.17) is 11.6 Å². The third-order valence-corrected chi connectivity index (χ3v) is 5.10. The summed E-state index contributed by atoms with van der Waals surface area (Å²) in [5.74, 6) is 0.824. The van der Waals surface area contributed by atoms with Gasteiger partial charge in [0.05, 0.1) is 6.54 Å². The summed E-state index contributed by atoms with van der Waals surface area (Å²) in [6.45, 7) is 0.677. The molecule has 11 heteroatoms. The summed E-state index contributed by atoms with van der Waals surface area (Å²) in [4.78, 5) is 20.4. The summed E-state index contributed by atoms with van der Waals surface area (Å²) in [6.07, 6.45) is 2.16. The average Bonchev–Trinajstić information content (AvgIpc) is 3.49. The van der Waals surface area contributed by atoms with Crippen molar-refractivity contribution in [3.8, 4) is 5.75 Å². The molecule has 0 bridgehead atoms. The van der Waals surface area contributed by atoms with Crippen molar-refractivity contribution in [2.45, 2.75) is 32.0 Å². The van der Waals surface area contributed by atoms with E-state index in [9.17, 15) is 13.6 Å². The van der Waals surface area contributed by atoms with E-state index in [1.807, 2.05) is 0 Å². The van der Waals surface area contributed by atoms with Crippen LogP contribution in [0.3, 0.4) is 0 Å². The van der Waals surface area contributed by atoms with E-state index in [0.717, 1.165) is 25.9 Å². The van der Waals surface area contributed by atoms with Crippen LogP contribution in [0.2, 0.25) is 5.02 Å². The third kappa shape index (κ3) is 7.69. The molecular formula is C19H27ClF2IN5O2. The zero-order valence-electron chi connectivity index (χ0n) is 16.7. The SMILES string of the molecule is CN=C(NCc1cc(Cl)ccc1OC(F)F)N1CCN(CC(=O)NC2CC2)CC1.I. The molecule has 1 aromatic rings. The minimum absolute atomic E-state index is 0. The van der Waals surface area contributed by atoms with Crippen molar-refractivity contribution in [2.24, 2.45) is 4.99 Å². The topological polar surface area (TPSA) is 69.2 Å². The molecule has 0 radical (unpaired) electrons. The number of piperazine rings is 1. The average molecular weight is 558 g/mol. The number of halogens is 4. The first kappa shape index (κ1) is 24.9. The van der Waals surface area contributed by atoms with Gasteiger partial charge in [-0.05, 0) is 31.0 Å². The van der Waals surface area contributed by atoms with Crippen molar-refractivity contribution in [1.29, 1.82) is 0 Å². The number of carbonyl (C=O) groups is 1. The quantitative estimate of drug-likeness (QED) is 0.306. The van der Waals surface area contributed by atoms with E-state index in [0.29, 0.717) is 42.2 Å². The second kappa shape index (κ2) is 11.8.